The number of para-hydroxylation sites is 1. The van der Waals surface area contributed by atoms with Crippen molar-refractivity contribution in [2.45, 2.75) is 39.2 Å². The standard InChI is InChI=1S/C23H28N4O.2ClH/c1-3-15-26(19-11-13-24-14-12-19)23(28)18-9-10-22-21(16-18)25-17(2)27(22)20-7-5-4-6-8-20;;/h4-10,16,19,24H,3,11-15H2,1-2H3;2*1H. The van der Waals surface area contributed by atoms with Crippen molar-refractivity contribution in [2.75, 3.05) is 19.6 Å². The summed E-state index contributed by atoms with van der Waals surface area (Å²) in [5, 5.41) is 3.39. The van der Waals surface area contributed by atoms with Crippen molar-refractivity contribution in [3.8, 4) is 5.69 Å². The number of carbonyl (C=O) groups is 1. The Kier molecular flexibility index (Phi) is 8.71. The smallest absolute Gasteiger partial charge is 0.254 e. The third-order valence-electron chi connectivity index (χ3n) is 5.56. The van der Waals surface area contributed by atoms with E-state index >= 15 is 0 Å². The van der Waals surface area contributed by atoms with Gasteiger partial charge in [-0.1, -0.05) is 25.1 Å². The highest BCUT2D eigenvalue weighted by Gasteiger charge is 2.26. The van der Waals surface area contributed by atoms with Gasteiger partial charge in [-0.3, -0.25) is 9.36 Å². The van der Waals surface area contributed by atoms with Gasteiger partial charge >= 0.3 is 0 Å². The normalized spacial score (nSPS) is 14.1. The molecule has 0 atom stereocenters. The number of aryl methyl sites for hydroxylation is 1. The van der Waals surface area contributed by atoms with E-state index in [0.29, 0.717) is 6.04 Å². The molecule has 3 aromatic rings. The van der Waals surface area contributed by atoms with E-state index in [9.17, 15) is 4.79 Å². The number of nitrogens with one attached hydrogen (secondary N) is 1. The number of imidazole rings is 1. The third-order valence-corrected chi connectivity index (χ3v) is 5.56. The molecule has 162 valence electrons. The lowest BCUT2D eigenvalue weighted by Gasteiger charge is -2.34. The van der Waals surface area contributed by atoms with Gasteiger partial charge in [-0.15, -0.1) is 24.8 Å². The summed E-state index contributed by atoms with van der Waals surface area (Å²) in [4.78, 5) is 20.1. The second-order valence-electron chi connectivity index (χ2n) is 7.51. The van der Waals surface area contributed by atoms with Crippen LogP contribution in [-0.2, 0) is 0 Å². The lowest BCUT2D eigenvalue weighted by molar-refractivity contribution is 0.0643. The highest BCUT2D eigenvalue weighted by Crippen LogP contribution is 2.24. The third kappa shape index (κ3) is 4.80. The minimum Gasteiger partial charge on any atom is -0.336 e. The zero-order valence-corrected chi connectivity index (χ0v) is 19.1. The molecule has 1 aromatic heterocycles. The van der Waals surface area contributed by atoms with Gasteiger partial charge in [0.2, 0.25) is 0 Å². The van der Waals surface area contributed by atoms with Gasteiger partial charge in [0.15, 0.2) is 0 Å². The van der Waals surface area contributed by atoms with Crippen LogP contribution in [0.4, 0.5) is 0 Å². The topological polar surface area (TPSA) is 50.2 Å². The van der Waals surface area contributed by atoms with Crippen LogP contribution in [0.3, 0.4) is 0 Å². The van der Waals surface area contributed by atoms with E-state index in [1.54, 1.807) is 0 Å². The summed E-state index contributed by atoms with van der Waals surface area (Å²) in [5.74, 6) is 1.05. The summed E-state index contributed by atoms with van der Waals surface area (Å²) in [6.07, 6.45) is 3.02. The van der Waals surface area contributed by atoms with Crippen LogP contribution in [0.25, 0.3) is 16.7 Å². The number of nitrogens with zero attached hydrogens (tertiary/aromatic N) is 3. The van der Waals surface area contributed by atoms with Crippen LogP contribution >= 0.6 is 24.8 Å². The molecule has 1 aliphatic heterocycles. The van der Waals surface area contributed by atoms with Crippen molar-refractivity contribution in [3.63, 3.8) is 0 Å². The lowest BCUT2D eigenvalue weighted by atomic mass is 10.0. The van der Waals surface area contributed by atoms with Crippen molar-refractivity contribution < 1.29 is 4.79 Å². The van der Waals surface area contributed by atoms with E-state index < -0.39 is 0 Å². The predicted octanol–water partition coefficient (Wildman–Crippen LogP) is 4.78. The number of hydrogen-bond donors (Lipinski definition) is 1. The first kappa shape index (κ1) is 24.2. The fraction of sp³-hybridized carbons (Fsp3) is 0.391. The summed E-state index contributed by atoms with van der Waals surface area (Å²) in [6, 6.07) is 16.5. The molecule has 0 aliphatic carbocycles. The summed E-state index contributed by atoms with van der Waals surface area (Å²) in [5.41, 5.74) is 3.72. The van der Waals surface area contributed by atoms with Gasteiger partial charge in [0.25, 0.3) is 5.91 Å². The highest BCUT2D eigenvalue weighted by atomic mass is 35.5. The number of fused-ring (bicyclic) bond motifs is 1. The zero-order valence-electron chi connectivity index (χ0n) is 17.5. The number of piperidine rings is 1. The predicted molar refractivity (Wildman–Crippen MR) is 128 cm³/mol. The fourth-order valence-corrected chi connectivity index (χ4v) is 4.21. The summed E-state index contributed by atoms with van der Waals surface area (Å²) >= 11 is 0. The van der Waals surface area contributed by atoms with Crippen LogP contribution in [0.5, 0.6) is 0 Å². The summed E-state index contributed by atoms with van der Waals surface area (Å²) < 4.78 is 2.14. The molecule has 0 radical (unpaired) electrons. The monoisotopic (exact) mass is 448 g/mol. The first-order valence-corrected chi connectivity index (χ1v) is 10.2. The minimum atomic E-state index is 0. The van der Waals surface area contributed by atoms with Gasteiger partial charge < -0.3 is 10.2 Å². The van der Waals surface area contributed by atoms with E-state index in [4.69, 9.17) is 4.98 Å². The lowest BCUT2D eigenvalue weighted by Crippen LogP contribution is -2.46. The summed E-state index contributed by atoms with van der Waals surface area (Å²) in [6.45, 7) is 6.91. The average Bonchev–Trinajstić information content (AvgIpc) is 3.07. The van der Waals surface area contributed by atoms with Gasteiger partial charge in [0.05, 0.1) is 11.0 Å². The van der Waals surface area contributed by atoms with E-state index in [0.717, 1.165) is 67.0 Å². The largest absolute Gasteiger partial charge is 0.336 e. The van der Waals surface area contributed by atoms with Gasteiger partial charge in [-0.2, -0.15) is 0 Å². The van der Waals surface area contributed by atoms with Crippen molar-refractivity contribution in [1.82, 2.24) is 19.8 Å². The Balaban J connectivity index is 0.00000160. The molecular weight excluding hydrogens is 419 g/mol. The Bertz CT molecular complexity index is 968. The molecule has 5 nitrogen and oxygen atoms in total. The van der Waals surface area contributed by atoms with Crippen LogP contribution in [0.15, 0.2) is 48.5 Å². The molecule has 2 aromatic carbocycles. The number of benzene rings is 2. The maximum atomic E-state index is 13.3. The Labute approximate surface area is 190 Å². The molecule has 4 rings (SSSR count). The van der Waals surface area contributed by atoms with E-state index in [1.165, 1.54) is 0 Å². The maximum Gasteiger partial charge on any atom is 0.254 e. The molecule has 1 fully saturated rings. The van der Waals surface area contributed by atoms with Crippen molar-refractivity contribution in [2.24, 2.45) is 0 Å². The number of aromatic nitrogens is 2. The quantitative estimate of drug-likeness (QED) is 0.610. The molecule has 1 saturated heterocycles. The van der Waals surface area contributed by atoms with Crippen molar-refractivity contribution in [1.29, 1.82) is 0 Å². The van der Waals surface area contributed by atoms with E-state index in [2.05, 4.69) is 33.8 Å². The maximum absolute atomic E-state index is 13.3. The molecule has 1 aliphatic rings. The minimum absolute atomic E-state index is 0. The SMILES string of the molecule is CCCN(C(=O)c1ccc2c(c1)nc(C)n2-c1ccccc1)C1CCNCC1.Cl.Cl. The van der Waals surface area contributed by atoms with Crippen LogP contribution in [0.1, 0.15) is 42.4 Å². The molecule has 1 amide bonds. The Morgan fingerprint density at radius 3 is 2.50 bits per heavy atom. The molecule has 7 heteroatoms. The summed E-state index contributed by atoms with van der Waals surface area (Å²) in [7, 11) is 0. The van der Waals surface area contributed by atoms with Crippen molar-refractivity contribution in [3.05, 3.63) is 59.9 Å². The van der Waals surface area contributed by atoms with Crippen molar-refractivity contribution >= 4 is 41.8 Å². The number of amides is 1. The van der Waals surface area contributed by atoms with E-state index in [1.807, 2.05) is 43.3 Å². The highest BCUT2D eigenvalue weighted by molar-refractivity contribution is 5.98. The first-order valence-electron chi connectivity index (χ1n) is 10.2. The van der Waals surface area contributed by atoms with Gasteiger partial charge in [-0.05, 0) is 69.6 Å². The number of carbonyl (C=O) groups excluding carboxylic acids is 1. The fourth-order valence-electron chi connectivity index (χ4n) is 4.21. The van der Waals surface area contributed by atoms with Crippen LogP contribution < -0.4 is 5.32 Å². The molecule has 1 N–H and O–H groups in total. The number of halogens is 2. The first-order chi connectivity index (χ1) is 13.7. The molecule has 0 unspecified atom stereocenters. The molecule has 0 saturated carbocycles. The molecule has 2 heterocycles. The van der Waals surface area contributed by atoms with Gasteiger partial charge in [0, 0.05) is 23.8 Å². The number of hydrogen-bond acceptors (Lipinski definition) is 3. The Morgan fingerprint density at radius 1 is 1.13 bits per heavy atom. The van der Waals surface area contributed by atoms with Gasteiger partial charge in [-0.25, -0.2) is 4.98 Å². The molecule has 30 heavy (non-hydrogen) atoms. The average molecular weight is 449 g/mol. The number of rotatable bonds is 5. The van der Waals surface area contributed by atoms with Gasteiger partial charge in [0.1, 0.15) is 5.82 Å². The second kappa shape index (κ2) is 10.8. The zero-order chi connectivity index (χ0) is 19.5. The second-order valence-corrected chi connectivity index (χ2v) is 7.51. The molecular formula is C23H30Cl2N4O. The van der Waals surface area contributed by atoms with Crippen LogP contribution in [0.2, 0.25) is 0 Å². The van der Waals surface area contributed by atoms with Crippen LogP contribution in [-0.4, -0.2) is 46.0 Å². The Morgan fingerprint density at radius 2 is 1.83 bits per heavy atom. The Hall–Kier alpha value is -2.08. The van der Waals surface area contributed by atoms with Crippen LogP contribution in [0, 0.1) is 6.92 Å². The molecule has 0 spiro atoms. The van der Waals surface area contributed by atoms with E-state index in [-0.39, 0.29) is 30.7 Å². The molecule has 0 bridgehead atoms.